The van der Waals surface area contributed by atoms with Crippen LogP contribution in [0, 0.1) is 0 Å². The highest BCUT2D eigenvalue weighted by Crippen LogP contribution is 2.31. The van der Waals surface area contributed by atoms with Gasteiger partial charge in [-0.1, -0.05) is 66.2 Å². The van der Waals surface area contributed by atoms with Crippen molar-refractivity contribution in [3.8, 4) is 22.3 Å². The van der Waals surface area contributed by atoms with Crippen molar-refractivity contribution in [1.82, 2.24) is 4.98 Å². The molecule has 1 aliphatic rings. The summed E-state index contributed by atoms with van der Waals surface area (Å²) in [6, 6.07) is 27.5. The normalized spacial score (nSPS) is 13.5. The van der Waals surface area contributed by atoms with E-state index >= 15 is 0 Å². The Kier molecular flexibility index (Phi) is 6.56. The molecule has 1 aliphatic heterocycles. The van der Waals surface area contributed by atoms with Crippen LogP contribution in [0.5, 0.6) is 0 Å². The summed E-state index contributed by atoms with van der Waals surface area (Å²) in [5, 5.41) is 3.53. The van der Waals surface area contributed by atoms with Gasteiger partial charge in [-0.05, 0) is 47.0 Å². The molecule has 2 heterocycles. The first-order chi connectivity index (χ1) is 16.7. The maximum absolute atomic E-state index is 12.9. The van der Waals surface area contributed by atoms with Gasteiger partial charge in [-0.15, -0.1) is 0 Å². The zero-order valence-corrected chi connectivity index (χ0v) is 19.3. The molecule has 1 N–H and O–H groups in total. The van der Waals surface area contributed by atoms with Crippen LogP contribution in [-0.2, 0) is 4.74 Å². The molecule has 0 unspecified atom stereocenters. The molecule has 1 aromatic heterocycles. The maximum atomic E-state index is 12.9. The number of nitrogens with zero attached hydrogens (tertiary/aromatic N) is 2. The Balaban J connectivity index is 1.31. The van der Waals surface area contributed by atoms with Crippen molar-refractivity contribution >= 4 is 29.0 Å². The molecule has 0 radical (unpaired) electrons. The number of morpholine rings is 1. The summed E-state index contributed by atoms with van der Waals surface area (Å²) in [5.74, 6) is 0.675. The molecule has 5 nitrogen and oxygen atoms in total. The Labute approximate surface area is 204 Å². The summed E-state index contributed by atoms with van der Waals surface area (Å²) in [5.41, 5.74) is 5.23. The van der Waals surface area contributed by atoms with Crippen molar-refractivity contribution in [2.24, 2.45) is 0 Å². The summed E-state index contributed by atoms with van der Waals surface area (Å²) in [6.45, 7) is 3.04. The second kappa shape index (κ2) is 10.1. The van der Waals surface area contributed by atoms with Gasteiger partial charge < -0.3 is 15.0 Å². The van der Waals surface area contributed by atoms with Crippen LogP contribution < -0.4 is 10.2 Å². The van der Waals surface area contributed by atoms with E-state index in [1.165, 1.54) is 0 Å². The molecule has 1 amide bonds. The first-order valence-electron chi connectivity index (χ1n) is 11.2. The smallest absolute Gasteiger partial charge is 0.255 e. The molecule has 4 aromatic rings. The molecule has 6 heteroatoms. The van der Waals surface area contributed by atoms with E-state index in [0.29, 0.717) is 29.5 Å². The summed E-state index contributed by atoms with van der Waals surface area (Å²) < 4.78 is 5.39. The lowest BCUT2D eigenvalue weighted by atomic mass is 9.99. The topological polar surface area (TPSA) is 54.5 Å². The fraction of sp³-hybridized carbons (Fsp3) is 0.143. The first-order valence-corrected chi connectivity index (χ1v) is 11.6. The number of carbonyl (C=O) groups excluding carboxylic acids is 1. The van der Waals surface area contributed by atoms with Gasteiger partial charge in [-0.2, -0.15) is 0 Å². The monoisotopic (exact) mass is 469 g/mol. The predicted molar refractivity (Wildman–Crippen MR) is 138 cm³/mol. The molecule has 0 spiro atoms. The van der Waals surface area contributed by atoms with Crippen molar-refractivity contribution in [2.45, 2.75) is 0 Å². The number of hydrogen-bond donors (Lipinski definition) is 1. The van der Waals surface area contributed by atoms with E-state index in [9.17, 15) is 4.79 Å². The predicted octanol–water partition coefficient (Wildman–Crippen LogP) is 6.16. The molecule has 34 heavy (non-hydrogen) atoms. The molecule has 1 saturated heterocycles. The third-order valence-corrected chi connectivity index (χ3v) is 6.20. The number of aromatic nitrogens is 1. The average Bonchev–Trinajstić information content (AvgIpc) is 2.90. The summed E-state index contributed by atoms with van der Waals surface area (Å²) in [7, 11) is 0. The van der Waals surface area contributed by atoms with E-state index < -0.39 is 0 Å². The van der Waals surface area contributed by atoms with Crippen molar-refractivity contribution in [3.05, 3.63) is 102 Å². The lowest BCUT2D eigenvalue weighted by molar-refractivity contribution is 0.102. The van der Waals surface area contributed by atoms with Crippen LogP contribution in [0.4, 0.5) is 11.5 Å². The second-order valence-corrected chi connectivity index (χ2v) is 8.50. The average molecular weight is 470 g/mol. The molecular formula is C28H24ClN3O2. The number of nitrogens with one attached hydrogen (secondary N) is 1. The van der Waals surface area contributed by atoms with Gasteiger partial charge in [0.05, 0.1) is 25.1 Å². The van der Waals surface area contributed by atoms with Crippen molar-refractivity contribution in [3.63, 3.8) is 0 Å². The number of carbonyl (C=O) groups is 1. The SMILES string of the molecule is O=C(Nc1ccc(N2CCOCC2)nc1)c1ccc(Cl)c(-c2ccc(-c3ccccc3)cc2)c1. The fourth-order valence-electron chi connectivity index (χ4n) is 4.00. The minimum absolute atomic E-state index is 0.209. The molecule has 0 aliphatic carbocycles. The Morgan fingerprint density at radius 1 is 0.853 bits per heavy atom. The minimum atomic E-state index is -0.209. The largest absolute Gasteiger partial charge is 0.378 e. The Bertz CT molecular complexity index is 1270. The highest BCUT2D eigenvalue weighted by atomic mass is 35.5. The van der Waals surface area contributed by atoms with Gasteiger partial charge in [0.15, 0.2) is 0 Å². The number of amides is 1. The van der Waals surface area contributed by atoms with Crippen molar-refractivity contribution in [1.29, 1.82) is 0 Å². The summed E-state index contributed by atoms with van der Waals surface area (Å²) in [4.78, 5) is 19.6. The molecule has 0 atom stereocenters. The van der Waals surface area contributed by atoms with E-state index in [1.54, 1.807) is 18.3 Å². The summed E-state index contributed by atoms with van der Waals surface area (Å²) in [6.07, 6.45) is 1.68. The first kappa shape index (κ1) is 22.1. The number of rotatable bonds is 5. The van der Waals surface area contributed by atoms with Gasteiger partial charge in [-0.3, -0.25) is 4.79 Å². The van der Waals surface area contributed by atoms with Crippen molar-refractivity contribution < 1.29 is 9.53 Å². The van der Waals surface area contributed by atoms with Crippen LogP contribution in [-0.4, -0.2) is 37.2 Å². The molecule has 0 bridgehead atoms. The van der Waals surface area contributed by atoms with E-state index in [1.807, 2.05) is 48.5 Å². The molecule has 5 rings (SSSR count). The third kappa shape index (κ3) is 4.96. The Morgan fingerprint density at radius 2 is 1.56 bits per heavy atom. The third-order valence-electron chi connectivity index (χ3n) is 5.87. The van der Waals surface area contributed by atoms with Crippen LogP contribution in [0.2, 0.25) is 5.02 Å². The van der Waals surface area contributed by atoms with Gasteiger partial charge in [0, 0.05) is 29.2 Å². The van der Waals surface area contributed by atoms with Gasteiger partial charge in [0.25, 0.3) is 5.91 Å². The van der Waals surface area contributed by atoms with Crippen LogP contribution in [0.3, 0.4) is 0 Å². The van der Waals surface area contributed by atoms with Gasteiger partial charge in [0.2, 0.25) is 0 Å². The molecular weight excluding hydrogens is 446 g/mol. The minimum Gasteiger partial charge on any atom is -0.378 e. The Hall–Kier alpha value is -3.67. The highest BCUT2D eigenvalue weighted by Gasteiger charge is 2.14. The van der Waals surface area contributed by atoms with Crippen LogP contribution in [0.25, 0.3) is 22.3 Å². The molecule has 3 aromatic carbocycles. The molecule has 0 saturated carbocycles. The summed E-state index contributed by atoms with van der Waals surface area (Å²) >= 11 is 6.49. The number of hydrogen-bond acceptors (Lipinski definition) is 4. The highest BCUT2D eigenvalue weighted by molar-refractivity contribution is 6.33. The van der Waals surface area contributed by atoms with E-state index in [2.05, 4.69) is 39.5 Å². The van der Waals surface area contributed by atoms with Crippen LogP contribution >= 0.6 is 11.6 Å². The molecule has 1 fully saturated rings. The number of ether oxygens (including phenoxy) is 1. The number of benzene rings is 3. The van der Waals surface area contributed by atoms with E-state index in [0.717, 1.165) is 41.2 Å². The molecule has 170 valence electrons. The quantitative estimate of drug-likeness (QED) is 0.380. The van der Waals surface area contributed by atoms with E-state index in [-0.39, 0.29) is 5.91 Å². The number of anilines is 2. The lowest BCUT2D eigenvalue weighted by Gasteiger charge is -2.27. The second-order valence-electron chi connectivity index (χ2n) is 8.10. The van der Waals surface area contributed by atoms with Gasteiger partial charge in [-0.25, -0.2) is 4.98 Å². The van der Waals surface area contributed by atoms with E-state index in [4.69, 9.17) is 16.3 Å². The zero-order chi connectivity index (χ0) is 23.3. The standard InChI is InChI=1S/C28H24ClN3O2/c29-26-12-10-23(18-25(26)22-8-6-21(7-9-22)20-4-2-1-3-5-20)28(33)31-24-11-13-27(30-19-24)32-14-16-34-17-15-32/h1-13,18-19H,14-17H2,(H,31,33). The van der Waals surface area contributed by atoms with Gasteiger partial charge >= 0.3 is 0 Å². The fourth-order valence-corrected chi connectivity index (χ4v) is 4.23. The van der Waals surface area contributed by atoms with Crippen LogP contribution in [0.1, 0.15) is 10.4 Å². The zero-order valence-electron chi connectivity index (χ0n) is 18.6. The van der Waals surface area contributed by atoms with Crippen molar-refractivity contribution in [2.75, 3.05) is 36.5 Å². The number of halogens is 1. The van der Waals surface area contributed by atoms with Crippen LogP contribution in [0.15, 0.2) is 91.1 Å². The number of pyridine rings is 1. The van der Waals surface area contributed by atoms with Gasteiger partial charge in [0.1, 0.15) is 5.82 Å². The Morgan fingerprint density at radius 3 is 2.26 bits per heavy atom. The lowest BCUT2D eigenvalue weighted by Crippen LogP contribution is -2.36. The maximum Gasteiger partial charge on any atom is 0.255 e.